The van der Waals surface area contributed by atoms with Gasteiger partial charge in [-0.3, -0.25) is 14.0 Å². The Morgan fingerprint density at radius 1 is 0.959 bits per heavy atom. The molecule has 49 heavy (non-hydrogen) atoms. The van der Waals surface area contributed by atoms with E-state index in [1.807, 2.05) is 22.7 Å². The van der Waals surface area contributed by atoms with Crippen LogP contribution in [-0.4, -0.2) is 52.6 Å². The van der Waals surface area contributed by atoms with E-state index < -0.39 is 17.6 Å². The Balaban J connectivity index is 1.34. The molecule has 0 saturated heterocycles. The number of esters is 1. The first-order chi connectivity index (χ1) is 23.6. The summed E-state index contributed by atoms with van der Waals surface area (Å²) in [5, 5.41) is 5.85. The van der Waals surface area contributed by atoms with Crippen LogP contribution in [0.25, 0.3) is 16.8 Å². The standard InChI is InChI=1S/C35H33F3N6O5/c1-47-26-11-10-24(27(18-26)48-2)19-41-31-30-29(43-32(44(30)15-14-40-31)22-8-9-23(16-22)34(46)49-3)20-4-6-21(7-5-20)33(45)42-28-17-25(12-13-39-28)35(36,37)38/h4-7,10-15,17-18,22-23H,8-9,16,19H2,1-3H3,(H,40,41)(H,39,42,45)/t22-,23-/m1/s1. The molecule has 0 unspecified atom stereocenters. The van der Waals surface area contributed by atoms with Crippen LogP contribution >= 0.6 is 0 Å². The molecular formula is C35H33F3N6O5. The number of benzene rings is 2. The third-order valence-electron chi connectivity index (χ3n) is 8.60. The molecule has 0 spiro atoms. The molecule has 3 heterocycles. The lowest BCUT2D eigenvalue weighted by Gasteiger charge is -2.13. The van der Waals surface area contributed by atoms with Gasteiger partial charge in [-0.25, -0.2) is 15.0 Å². The summed E-state index contributed by atoms with van der Waals surface area (Å²) in [6.07, 6.45) is 1.94. The van der Waals surface area contributed by atoms with Crippen LogP contribution in [0.3, 0.4) is 0 Å². The summed E-state index contributed by atoms with van der Waals surface area (Å²) in [5.74, 6) is 1.29. The van der Waals surface area contributed by atoms with Gasteiger partial charge in [0.15, 0.2) is 5.82 Å². The van der Waals surface area contributed by atoms with Gasteiger partial charge in [0, 0.05) is 53.8 Å². The number of anilines is 2. The molecule has 0 bridgehead atoms. The number of carbonyl (C=O) groups excluding carboxylic acids is 2. The van der Waals surface area contributed by atoms with E-state index in [2.05, 4.69) is 20.6 Å². The van der Waals surface area contributed by atoms with Gasteiger partial charge in [0.25, 0.3) is 5.91 Å². The second-order valence-corrected chi connectivity index (χ2v) is 11.5. The molecule has 1 aliphatic rings. The maximum Gasteiger partial charge on any atom is 0.416 e. The Kier molecular flexibility index (Phi) is 9.38. The number of fused-ring (bicyclic) bond motifs is 1. The normalized spacial score (nSPS) is 16.0. The average Bonchev–Trinajstić information content (AvgIpc) is 3.76. The van der Waals surface area contributed by atoms with Crippen LogP contribution in [0.2, 0.25) is 0 Å². The minimum atomic E-state index is -4.57. The number of alkyl halides is 3. The molecule has 5 aromatic rings. The summed E-state index contributed by atoms with van der Waals surface area (Å²) in [6.45, 7) is 0.371. The predicted octanol–water partition coefficient (Wildman–Crippen LogP) is 6.75. The quantitative estimate of drug-likeness (QED) is 0.155. The maximum atomic E-state index is 13.2. The molecule has 11 nitrogen and oxygen atoms in total. The fourth-order valence-electron chi connectivity index (χ4n) is 6.10. The van der Waals surface area contributed by atoms with Gasteiger partial charge in [-0.15, -0.1) is 0 Å². The highest BCUT2D eigenvalue weighted by molar-refractivity contribution is 6.04. The Bertz CT molecular complexity index is 2000. The Morgan fingerprint density at radius 2 is 1.76 bits per heavy atom. The number of imidazole rings is 1. The SMILES string of the molecule is COC(=O)[C@@H]1CC[C@@H](c2nc(-c3ccc(C(=O)Nc4cc(C(F)(F)F)ccn4)cc3)c3c(NCc4ccc(OC)cc4OC)nccn23)C1. The molecule has 1 aliphatic carbocycles. The minimum Gasteiger partial charge on any atom is -0.497 e. The Hall–Kier alpha value is -5.66. The number of pyridine rings is 1. The summed E-state index contributed by atoms with van der Waals surface area (Å²) in [5.41, 5.74) is 2.14. The van der Waals surface area contributed by atoms with E-state index in [0.29, 0.717) is 53.5 Å². The number of amides is 1. The average molecular weight is 675 g/mol. The summed E-state index contributed by atoms with van der Waals surface area (Å²) in [4.78, 5) is 38.9. The lowest BCUT2D eigenvalue weighted by atomic mass is 10.0. The van der Waals surface area contributed by atoms with Crippen molar-refractivity contribution < 1.29 is 37.0 Å². The van der Waals surface area contributed by atoms with Crippen molar-refractivity contribution in [2.75, 3.05) is 32.0 Å². The molecular weight excluding hydrogens is 641 g/mol. The minimum absolute atomic E-state index is 0.0210. The molecule has 254 valence electrons. The monoisotopic (exact) mass is 674 g/mol. The summed E-state index contributed by atoms with van der Waals surface area (Å²) in [7, 11) is 4.56. The van der Waals surface area contributed by atoms with Gasteiger partial charge in [0.2, 0.25) is 0 Å². The first-order valence-electron chi connectivity index (χ1n) is 15.4. The molecule has 2 aromatic carbocycles. The number of ether oxygens (including phenoxy) is 3. The van der Waals surface area contributed by atoms with Crippen molar-refractivity contribution in [1.29, 1.82) is 0 Å². The summed E-state index contributed by atoms with van der Waals surface area (Å²) >= 11 is 0. The molecule has 2 N–H and O–H groups in total. The van der Waals surface area contributed by atoms with Gasteiger partial charge in [0.1, 0.15) is 34.4 Å². The second kappa shape index (κ2) is 13.8. The third-order valence-corrected chi connectivity index (χ3v) is 8.60. The lowest BCUT2D eigenvalue weighted by Crippen LogP contribution is -2.14. The number of nitrogens with zero attached hydrogens (tertiary/aromatic N) is 4. The van der Waals surface area contributed by atoms with Crippen molar-refractivity contribution in [2.45, 2.75) is 37.9 Å². The van der Waals surface area contributed by atoms with E-state index in [4.69, 9.17) is 19.2 Å². The number of hydrogen-bond donors (Lipinski definition) is 2. The highest BCUT2D eigenvalue weighted by Gasteiger charge is 2.35. The van der Waals surface area contributed by atoms with E-state index in [-0.39, 0.29) is 29.2 Å². The number of halogens is 3. The fourth-order valence-corrected chi connectivity index (χ4v) is 6.10. The molecule has 1 fully saturated rings. The lowest BCUT2D eigenvalue weighted by molar-refractivity contribution is -0.145. The number of hydrogen-bond acceptors (Lipinski definition) is 9. The van der Waals surface area contributed by atoms with E-state index >= 15 is 0 Å². The second-order valence-electron chi connectivity index (χ2n) is 11.5. The zero-order valence-corrected chi connectivity index (χ0v) is 26.9. The zero-order valence-electron chi connectivity index (χ0n) is 26.9. The molecule has 1 amide bonds. The van der Waals surface area contributed by atoms with Crippen LogP contribution in [0.4, 0.5) is 24.8 Å². The van der Waals surface area contributed by atoms with E-state index in [9.17, 15) is 22.8 Å². The number of nitrogens with one attached hydrogen (secondary N) is 2. The van der Waals surface area contributed by atoms with Crippen LogP contribution < -0.4 is 20.1 Å². The molecule has 6 rings (SSSR count). The third kappa shape index (κ3) is 6.98. The number of methoxy groups -OCH3 is 3. The van der Waals surface area contributed by atoms with Gasteiger partial charge >= 0.3 is 12.1 Å². The highest BCUT2D eigenvalue weighted by Crippen LogP contribution is 2.41. The van der Waals surface area contributed by atoms with Gasteiger partial charge in [0.05, 0.1) is 32.8 Å². The number of aromatic nitrogens is 4. The van der Waals surface area contributed by atoms with Crippen LogP contribution in [0.1, 0.15) is 52.5 Å². The molecule has 0 aliphatic heterocycles. The Morgan fingerprint density at radius 3 is 2.47 bits per heavy atom. The van der Waals surface area contributed by atoms with Crippen molar-refractivity contribution in [1.82, 2.24) is 19.4 Å². The van der Waals surface area contributed by atoms with E-state index in [1.165, 1.54) is 7.11 Å². The first-order valence-corrected chi connectivity index (χ1v) is 15.4. The Labute approximate surface area is 279 Å². The fraction of sp³-hybridized carbons (Fsp3) is 0.286. The van der Waals surface area contributed by atoms with Crippen molar-refractivity contribution in [3.05, 3.63) is 95.7 Å². The topological polar surface area (TPSA) is 129 Å². The predicted molar refractivity (Wildman–Crippen MR) is 175 cm³/mol. The first kappa shape index (κ1) is 33.2. The maximum absolute atomic E-state index is 13.2. The molecule has 0 radical (unpaired) electrons. The summed E-state index contributed by atoms with van der Waals surface area (Å²) in [6, 6.07) is 13.7. The van der Waals surface area contributed by atoms with Gasteiger partial charge in [-0.2, -0.15) is 13.2 Å². The van der Waals surface area contributed by atoms with Gasteiger partial charge in [-0.1, -0.05) is 12.1 Å². The van der Waals surface area contributed by atoms with Crippen molar-refractivity contribution in [2.24, 2.45) is 5.92 Å². The molecule has 1 saturated carbocycles. The number of carbonyl (C=O) groups is 2. The molecule has 2 atom stereocenters. The van der Waals surface area contributed by atoms with Crippen molar-refractivity contribution >= 4 is 29.0 Å². The van der Waals surface area contributed by atoms with E-state index in [0.717, 1.165) is 36.1 Å². The largest absolute Gasteiger partial charge is 0.497 e. The van der Waals surface area contributed by atoms with E-state index in [1.54, 1.807) is 50.7 Å². The van der Waals surface area contributed by atoms with Crippen LogP contribution in [0.15, 0.2) is 73.2 Å². The summed E-state index contributed by atoms with van der Waals surface area (Å²) < 4.78 is 57.3. The van der Waals surface area contributed by atoms with Gasteiger partial charge < -0.3 is 24.8 Å². The zero-order chi connectivity index (χ0) is 34.7. The van der Waals surface area contributed by atoms with Crippen molar-refractivity contribution in [3.63, 3.8) is 0 Å². The molecule has 14 heteroatoms. The smallest absolute Gasteiger partial charge is 0.416 e. The molecule has 3 aromatic heterocycles. The van der Waals surface area contributed by atoms with Crippen LogP contribution in [0.5, 0.6) is 11.5 Å². The van der Waals surface area contributed by atoms with Crippen molar-refractivity contribution in [3.8, 4) is 22.8 Å². The highest BCUT2D eigenvalue weighted by atomic mass is 19.4. The van der Waals surface area contributed by atoms with Gasteiger partial charge in [-0.05, 0) is 55.7 Å². The number of rotatable bonds is 10. The van der Waals surface area contributed by atoms with Crippen LogP contribution in [0, 0.1) is 5.92 Å². The van der Waals surface area contributed by atoms with Crippen LogP contribution in [-0.2, 0) is 22.3 Å².